The summed E-state index contributed by atoms with van der Waals surface area (Å²) in [6.07, 6.45) is -4.97. The van der Waals surface area contributed by atoms with E-state index in [1.807, 2.05) is 27.7 Å². The number of alkyl halides is 3. The first-order valence-corrected chi connectivity index (χ1v) is 9.66. The van der Waals surface area contributed by atoms with Crippen LogP contribution in [0.4, 0.5) is 19.1 Å². The van der Waals surface area contributed by atoms with Gasteiger partial charge in [0, 0.05) is 34.8 Å². The molecular weight excluding hydrogens is 381 g/mol. The van der Waals surface area contributed by atoms with Crippen LogP contribution in [0.25, 0.3) is 0 Å². The van der Waals surface area contributed by atoms with Crippen LogP contribution in [0, 0.1) is 0 Å². The molecule has 27 heavy (non-hydrogen) atoms. The van der Waals surface area contributed by atoms with E-state index in [1.165, 1.54) is 11.8 Å². The van der Waals surface area contributed by atoms with Crippen molar-refractivity contribution in [2.75, 3.05) is 32.7 Å². The van der Waals surface area contributed by atoms with E-state index in [4.69, 9.17) is 14.0 Å². The van der Waals surface area contributed by atoms with Gasteiger partial charge in [0.1, 0.15) is 0 Å². The summed E-state index contributed by atoms with van der Waals surface area (Å²) in [5.74, 6) is 0.314. The molecule has 0 aliphatic carbocycles. The van der Waals surface area contributed by atoms with Gasteiger partial charge in [-0.3, -0.25) is 0 Å². The van der Waals surface area contributed by atoms with Gasteiger partial charge in [0.05, 0.1) is 31.9 Å². The average Bonchev–Trinajstić information content (AvgIpc) is 2.99. The van der Waals surface area contributed by atoms with Crippen molar-refractivity contribution in [3.8, 4) is 0 Å². The third-order valence-electron chi connectivity index (χ3n) is 4.08. The van der Waals surface area contributed by atoms with Crippen LogP contribution in [0.1, 0.15) is 46.7 Å². The number of rotatable bonds is 11. The summed E-state index contributed by atoms with van der Waals surface area (Å²) < 4.78 is 52.3. The van der Waals surface area contributed by atoms with Gasteiger partial charge >= 0.3 is 6.18 Å². The number of ether oxygens (including phenoxy) is 2. The normalized spacial score (nSPS) is 14.0. The zero-order valence-corrected chi connectivity index (χ0v) is 17.6. The highest BCUT2D eigenvalue weighted by Crippen LogP contribution is 2.32. The fourth-order valence-electron chi connectivity index (χ4n) is 2.01. The van der Waals surface area contributed by atoms with Crippen LogP contribution in [0.2, 0.25) is 0 Å². The lowest BCUT2D eigenvalue weighted by molar-refractivity contribution is -0.129. The number of methoxy groups -OCH3 is 1. The summed E-state index contributed by atoms with van der Waals surface area (Å²) >= 11 is 1.22. The standard InChI is InChI=1S/C18H29F3N2O3S/c1-13(17(4,5)27-10-7-18(19,20)21)22-15-11-14(23-26-15)16(2,3)12-25-9-8-24-6/h11H,7-10,12H2,1-6H3. The van der Waals surface area contributed by atoms with E-state index in [2.05, 4.69) is 10.1 Å². The van der Waals surface area contributed by atoms with E-state index < -0.39 is 17.3 Å². The minimum atomic E-state index is -4.15. The molecular formula is C18H29F3N2O3S. The Balaban J connectivity index is 2.72. The van der Waals surface area contributed by atoms with Crippen molar-refractivity contribution in [3.63, 3.8) is 0 Å². The van der Waals surface area contributed by atoms with E-state index >= 15 is 0 Å². The number of nitrogens with zero attached hydrogens (tertiary/aromatic N) is 2. The maximum Gasteiger partial charge on any atom is 0.389 e. The average molecular weight is 411 g/mol. The molecule has 1 aromatic rings. The predicted octanol–water partition coefficient (Wildman–Crippen LogP) is 5.17. The monoisotopic (exact) mass is 410 g/mol. The van der Waals surface area contributed by atoms with E-state index in [1.54, 1.807) is 20.1 Å². The number of thioether (sulfide) groups is 1. The number of hydrogen-bond acceptors (Lipinski definition) is 6. The van der Waals surface area contributed by atoms with Gasteiger partial charge in [-0.15, -0.1) is 11.8 Å². The predicted molar refractivity (Wildman–Crippen MR) is 102 cm³/mol. The van der Waals surface area contributed by atoms with Crippen LogP contribution < -0.4 is 0 Å². The Kier molecular flexibility index (Phi) is 8.82. The number of aromatic nitrogens is 1. The largest absolute Gasteiger partial charge is 0.389 e. The second kappa shape index (κ2) is 9.93. The Bertz CT molecular complexity index is 613. The molecule has 0 fully saturated rings. The van der Waals surface area contributed by atoms with Gasteiger partial charge in [-0.25, -0.2) is 4.99 Å². The fourth-order valence-corrected chi connectivity index (χ4v) is 3.11. The minimum Gasteiger partial charge on any atom is -0.382 e. The highest BCUT2D eigenvalue weighted by atomic mass is 32.2. The molecule has 0 spiro atoms. The molecule has 0 aliphatic rings. The number of hydrogen-bond donors (Lipinski definition) is 0. The zero-order chi connectivity index (χ0) is 20.7. The summed E-state index contributed by atoms with van der Waals surface area (Å²) in [6, 6.07) is 1.74. The van der Waals surface area contributed by atoms with E-state index in [9.17, 15) is 13.2 Å². The topological polar surface area (TPSA) is 56.9 Å². The van der Waals surface area contributed by atoms with Crippen LogP contribution in [-0.2, 0) is 14.9 Å². The first-order chi connectivity index (χ1) is 12.4. The van der Waals surface area contributed by atoms with Crippen molar-refractivity contribution < 1.29 is 27.2 Å². The minimum absolute atomic E-state index is 0.0170. The van der Waals surface area contributed by atoms with E-state index in [0.29, 0.717) is 37.1 Å². The lowest BCUT2D eigenvalue weighted by Crippen LogP contribution is -2.26. The molecule has 0 radical (unpaired) electrons. The fraction of sp³-hybridized carbons (Fsp3) is 0.778. The molecule has 1 heterocycles. The Labute approximate surface area is 163 Å². The Morgan fingerprint density at radius 2 is 1.89 bits per heavy atom. The van der Waals surface area contributed by atoms with Gasteiger partial charge in [-0.05, 0) is 20.8 Å². The van der Waals surface area contributed by atoms with Crippen LogP contribution in [-0.4, -0.2) is 54.5 Å². The van der Waals surface area contributed by atoms with Gasteiger partial charge < -0.3 is 14.0 Å². The van der Waals surface area contributed by atoms with Gasteiger partial charge in [0.15, 0.2) is 0 Å². The molecule has 0 amide bonds. The van der Waals surface area contributed by atoms with Gasteiger partial charge in [0.2, 0.25) is 0 Å². The summed E-state index contributed by atoms with van der Waals surface area (Å²) in [5, 5.41) is 4.07. The summed E-state index contributed by atoms with van der Waals surface area (Å²) in [5.41, 5.74) is 1.01. The molecule has 1 aromatic heterocycles. The Morgan fingerprint density at radius 1 is 1.22 bits per heavy atom. The molecule has 0 N–H and O–H groups in total. The van der Waals surface area contributed by atoms with Crippen molar-refractivity contribution in [3.05, 3.63) is 11.8 Å². The molecule has 5 nitrogen and oxygen atoms in total. The van der Waals surface area contributed by atoms with Gasteiger partial charge in [-0.2, -0.15) is 13.2 Å². The summed E-state index contributed by atoms with van der Waals surface area (Å²) in [6.45, 7) is 10.9. The van der Waals surface area contributed by atoms with Gasteiger partial charge in [-0.1, -0.05) is 19.0 Å². The molecule has 1 rings (SSSR count). The molecule has 0 aromatic carbocycles. The number of aliphatic imine (C=N–C) groups is 1. The summed E-state index contributed by atoms with van der Waals surface area (Å²) in [7, 11) is 1.61. The van der Waals surface area contributed by atoms with Crippen LogP contribution in [0.5, 0.6) is 0 Å². The molecule has 0 atom stereocenters. The quantitative estimate of drug-likeness (QED) is 0.372. The maximum absolute atomic E-state index is 12.3. The molecule has 156 valence electrons. The Hall–Kier alpha value is -1.06. The van der Waals surface area contributed by atoms with Crippen molar-refractivity contribution in [2.24, 2.45) is 4.99 Å². The van der Waals surface area contributed by atoms with Crippen molar-refractivity contribution >= 4 is 23.4 Å². The first-order valence-electron chi connectivity index (χ1n) is 8.68. The van der Waals surface area contributed by atoms with Crippen molar-refractivity contribution in [1.82, 2.24) is 5.16 Å². The molecule has 0 unspecified atom stereocenters. The zero-order valence-electron chi connectivity index (χ0n) is 16.8. The van der Waals surface area contributed by atoms with E-state index in [-0.39, 0.29) is 11.2 Å². The van der Waals surface area contributed by atoms with Crippen molar-refractivity contribution in [2.45, 2.75) is 57.4 Å². The Morgan fingerprint density at radius 3 is 2.48 bits per heavy atom. The highest BCUT2D eigenvalue weighted by Gasteiger charge is 2.30. The third-order valence-corrected chi connectivity index (χ3v) is 5.51. The SMILES string of the molecule is COCCOCC(C)(C)c1cc(N=C(C)C(C)(C)SCCC(F)(F)F)on1. The smallest absolute Gasteiger partial charge is 0.382 e. The lowest BCUT2D eigenvalue weighted by Gasteiger charge is -2.24. The molecule has 0 saturated carbocycles. The van der Waals surface area contributed by atoms with Crippen LogP contribution in [0.15, 0.2) is 15.6 Å². The second-order valence-corrected chi connectivity index (χ2v) is 9.12. The molecule has 0 bridgehead atoms. The van der Waals surface area contributed by atoms with Crippen LogP contribution >= 0.6 is 11.8 Å². The second-order valence-electron chi connectivity index (χ2n) is 7.40. The first kappa shape index (κ1) is 24.0. The van der Waals surface area contributed by atoms with Gasteiger partial charge in [0.25, 0.3) is 5.88 Å². The third kappa shape index (κ3) is 8.66. The van der Waals surface area contributed by atoms with Crippen molar-refractivity contribution in [1.29, 1.82) is 0 Å². The summed E-state index contributed by atoms with van der Waals surface area (Å²) in [4.78, 5) is 4.41. The van der Waals surface area contributed by atoms with E-state index in [0.717, 1.165) is 0 Å². The lowest BCUT2D eigenvalue weighted by atomic mass is 9.90. The van der Waals surface area contributed by atoms with Crippen LogP contribution in [0.3, 0.4) is 0 Å². The highest BCUT2D eigenvalue weighted by molar-refractivity contribution is 8.01. The maximum atomic E-state index is 12.3. The molecule has 0 saturated heterocycles. The molecule has 9 heteroatoms. The molecule has 0 aliphatic heterocycles. The number of halogens is 3.